The number of halogens is 2. The maximum atomic E-state index is 11.8. The van der Waals surface area contributed by atoms with Crippen LogP contribution in [0.4, 0.5) is 0 Å². The monoisotopic (exact) mass is 338 g/mol. The summed E-state index contributed by atoms with van der Waals surface area (Å²) < 4.78 is 4.98. The zero-order chi connectivity index (χ0) is 16.1. The van der Waals surface area contributed by atoms with Gasteiger partial charge in [0.2, 0.25) is 0 Å². The van der Waals surface area contributed by atoms with E-state index in [0.29, 0.717) is 21.2 Å². The summed E-state index contributed by atoms with van der Waals surface area (Å²) in [4.78, 5) is 11.8. The van der Waals surface area contributed by atoms with Crippen LogP contribution >= 0.6 is 23.2 Å². The van der Waals surface area contributed by atoms with Crippen molar-refractivity contribution in [1.82, 2.24) is 5.43 Å². The summed E-state index contributed by atoms with van der Waals surface area (Å²) in [7, 11) is 1.41. The standard InChI is InChI=1S/C15H12Cl2N2O3/c1-22-13-7-12(17)6-10(14(13)20)8-18-19-15(21)9-2-4-11(16)5-3-9/h2-8,20H,1H3,(H,19,21)/b18-8-. The predicted molar refractivity (Wildman–Crippen MR) is 86.2 cm³/mol. The first-order valence-electron chi connectivity index (χ1n) is 6.16. The smallest absolute Gasteiger partial charge is 0.271 e. The molecule has 5 nitrogen and oxygen atoms in total. The number of benzene rings is 2. The number of hydrazone groups is 1. The maximum absolute atomic E-state index is 11.8. The molecule has 1 amide bonds. The molecule has 2 rings (SSSR count). The number of carbonyl (C=O) groups excluding carboxylic acids is 1. The number of phenolic OH excluding ortho intramolecular Hbond substituents is 1. The summed E-state index contributed by atoms with van der Waals surface area (Å²) in [5, 5.41) is 14.6. The third-order valence-electron chi connectivity index (χ3n) is 2.77. The maximum Gasteiger partial charge on any atom is 0.271 e. The van der Waals surface area contributed by atoms with Gasteiger partial charge in [-0.25, -0.2) is 5.43 Å². The summed E-state index contributed by atoms with van der Waals surface area (Å²) in [5.74, 6) is -0.296. The van der Waals surface area contributed by atoms with Crippen LogP contribution in [0.15, 0.2) is 41.5 Å². The lowest BCUT2D eigenvalue weighted by atomic mass is 10.2. The molecule has 0 aromatic heterocycles. The Bertz CT molecular complexity index is 715. The number of methoxy groups -OCH3 is 1. The van der Waals surface area contributed by atoms with Gasteiger partial charge in [-0.1, -0.05) is 23.2 Å². The van der Waals surface area contributed by atoms with E-state index in [1.54, 1.807) is 24.3 Å². The largest absolute Gasteiger partial charge is 0.504 e. The molecular weight excluding hydrogens is 327 g/mol. The van der Waals surface area contributed by atoms with Crippen molar-refractivity contribution in [2.75, 3.05) is 7.11 Å². The minimum absolute atomic E-state index is 0.114. The second-order valence-electron chi connectivity index (χ2n) is 4.25. The molecule has 7 heteroatoms. The van der Waals surface area contributed by atoms with Crippen LogP contribution in [-0.2, 0) is 0 Å². The second kappa shape index (κ2) is 7.15. The zero-order valence-corrected chi connectivity index (χ0v) is 13.0. The van der Waals surface area contributed by atoms with Gasteiger partial charge in [0.15, 0.2) is 11.5 Å². The summed E-state index contributed by atoms with van der Waals surface area (Å²) in [5.41, 5.74) is 3.08. The van der Waals surface area contributed by atoms with Crippen molar-refractivity contribution in [3.8, 4) is 11.5 Å². The highest BCUT2D eigenvalue weighted by Gasteiger charge is 2.09. The molecule has 2 aromatic rings. The first-order chi connectivity index (χ1) is 10.5. The number of carbonyl (C=O) groups is 1. The molecule has 0 spiro atoms. The van der Waals surface area contributed by atoms with Gasteiger partial charge in [0.25, 0.3) is 5.91 Å². The van der Waals surface area contributed by atoms with Gasteiger partial charge in [-0.2, -0.15) is 5.10 Å². The number of hydrogen-bond donors (Lipinski definition) is 2. The number of aromatic hydroxyl groups is 1. The fourth-order valence-electron chi connectivity index (χ4n) is 1.67. The first kappa shape index (κ1) is 16.1. The fraction of sp³-hybridized carbons (Fsp3) is 0.0667. The third kappa shape index (κ3) is 3.90. The molecule has 2 N–H and O–H groups in total. The van der Waals surface area contributed by atoms with Gasteiger partial charge in [-0.15, -0.1) is 0 Å². The van der Waals surface area contributed by atoms with Gasteiger partial charge < -0.3 is 9.84 Å². The molecule has 0 aliphatic rings. The molecule has 0 aliphatic heterocycles. The average Bonchev–Trinajstić information content (AvgIpc) is 2.50. The van der Waals surface area contributed by atoms with E-state index in [1.165, 1.54) is 25.5 Å². The lowest BCUT2D eigenvalue weighted by Gasteiger charge is -2.06. The van der Waals surface area contributed by atoms with Gasteiger partial charge >= 0.3 is 0 Å². The molecular formula is C15H12Cl2N2O3. The van der Waals surface area contributed by atoms with Gasteiger partial charge in [0.1, 0.15) is 0 Å². The Hall–Kier alpha value is -2.24. The van der Waals surface area contributed by atoms with Crippen molar-refractivity contribution in [3.05, 3.63) is 57.6 Å². The van der Waals surface area contributed by atoms with E-state index < -0.39 is 5.91 Å². The van der Waals surface area contributed by atoms with Crippen LogP contribution in [0.5, 0.6) is 11.5 Å². The SMILES string of the molecule is COc1cc(Cl)cc(/C=N\NC(=O)c2ccc(Cl)cc2)c1O. The van der Waals surface area contributed by atoms with Crippen LogP contribution < -0.4 is 10.2 Å². The Morgan fingerprint density at radius 1 is 1.23 bits per heavy atom. The molecule has 22 heavy (non-hydrogen) atoms. The molecule has 2 aromatic carbocycles. The lowest BCUT2D eigenvalue weighted by Crippen LogP contribution is -2.17. The molecule has 0 bridgehead atoms. The first-order valence-corrected chi connectivity index (χ1v) is 6.92. The Morgan fingerprint density at radius 3 is 2.55 bits per heavy atom. The summed E-state index contributed by atoms with van der Waals surface area (Å²) in [6, 6.07) is 9.33. The van der Waals surface area contributed by atoms with Crippen molar-refractivity contribution < 1.29 is 14.6 Å². The van der Waals surface area contributed by atoms with Crippen LogP contribution in [0.3, 0.4) is 0 Å². The van der Waals surface area contributed by atoms with Crippen molar-refractivity contribution in [2.24, 2.45) is 5.10 Å². The van der Waals surface area contributed by atoms with Crippen LogP contribution in [0.2, 0.25) is 10.0 Å². The molecule has 0 radical (unpaired) electrons. The van der Waals surface area contributed by atoms with Crippen molar-refractivity contribution >= 4 is 35.3 Å². The summed E-state index contributed by atoms with van der Waals surface area (Å²) in [6.07, 6.45) is 1.28. The molecule has 0 saturated heterocycles. The Labute approximate surface area is 137 Å². The van der Waals surface area contributed by atoms with Gasteiger partial charge in [-0.05, 0) is 30.3 Å². The van der Waals surface area contributed by atoms with E-state index in [-0.39, 0.29) is 11.5 Å². The number of hydrogen-bond acceptors (Lipinski definition) is 4. The van der Waals surface area contributed by atoms with Crippen LogP contribution in [-0.4, -0.2) is 24.3 Å². The molecule has 0 fully saturated rings. The fourth-order valence-corrected chi connectivity index (χ4v) is 2.02. The number of phenols is 1. The molecule has 0 saturated carbocycles. The zero-order valence-electron chi connectivity index (χ0n) is 11.5. The van der Waals surface area contributed by atoms with E-state index in [1.807, 2.05) is 0 Å². The minimum Gasteiger partial charge on any atom is -0.504 e. The molecule has 0 aliphatic carbocycles. The van der Waals surface area contributed by atoms with E-state index in [9.17, 15) is 9.90 Å². The molecule has 0 heterocycles. The van der Waals surface area contributed by atoms with Gasteiger partial charge in [0, 0.05) is 27.2 Å². The topological polar surface area (TPSA) is 70.9 Å². The molecule has 114 valence electrons. The number of ether oxygens (including phenoxy) is 1. The summed E-state index contributed by atoms with van der Waals surface area (Å²) >= 11 is 11.6. The quantitative estimate of drug-likeness (QED) is 0.662. The predicted octanol–water partition coefficient (Wildman–Crippen LogP) is 3.47. The number of rotatable bonds is 4. The Balaban J connectivity index is 2.11. The highest BCUT2D eigenvalue weighted by molar-refractivity contribution is 6.31. The van der Waals surface area contributed by atoms with E-state index in [0.717, 1.165) is 0 Å². The normalized spacial score (nSPS) is 10.7. The van der Waals surface area contributed by atoms with Gasteiger partial charge in [0.05, 0.1) is 13.3 Å². The van der Waals surface area contributed by atoms with Crippen LogP contribution in [0.25, 0.3) is 0 Å². The van der Waals surface area contributed by atoms with Gasteiger partial charge in [-0.3, -0.25) is 4.79 Å². The van der Waals surface area contributed by atoms with Crippen molar-refractivity contribution in [1.29, 1.82) is 0 Å². The van der Waals surface area contributed by atoms with Crippen molar-refractivity contribution in [3.63, 3.8) is 0 Å². The number of nitrogens with one attached hydrogen (secondary N) is 1. The second-order valence-corrected chi connectivity index (χ2v) is 5.12. The molecule has 0 unspecified atom stereocenters. The highest BCUT2D eigenvalue weighted by atomic mass is 35.5. The number of nitrogens with zero attached hydrogens (tertiary/aromatic N) is 1. The third-order valence-corrected chi connectivity index (χ3v) is 3.24. The number of amides is 1. The van der Waals surface area contributed by atoms with Crippen LogP contribution in [0, 0.1) is 0 Å². The Morgan fingerprint density at radius 2 is 1.91 bits per heavy atom. The van der Waals surface area contributed by atoms with E-state index >= 15 is 0 Å². The Kier molecular flexibility index (Phi) is 5.25. The summed E-state index contributed by atoms with van der Waals surface area (Å²) in [6.45, 7) is 0. The lowest BCUT2D eigenvalue weighted by molar-refractivity contribution is 0.0955. The average molecular weight is 339 g/mol. The molecule has 0 atom stereocenters. The van der Waals surface area contributed by atoms with Crippen LogP contribution in [0.1, 0.15) is 15.9 Å². The highest BCUT2D eigenvalue weighted by Crippen LogP contribution is 2.32. The van der Waals surface area contributed by atoms with E-state index in [2.05, 4.69) is 10.5 Å². The van der Waals surface area contributed by atoms with Crippen molar-refractivity contribution in [2.45, 2.75) is 0 Å². The van der Waals surface area contributed by atoms with E-state index in [4.69, 9.17) is 27.9 Å². The minimum atomic E-state index is -0.401.